The van der Waals surface area contributed by atoms with Crippen LogP contribution in [-0.2, 0) is 25.7 Å². The molecule has 0 aliphatic carbocycles. The summed E-state index contributed by atoms with van der Waals surface area (Å²) >= 11 is 0. The maximum Gasteiger partial charge on any atom is 0.246 e. The SMILES string of the molecule is CC[C@H](C)[C@H](CO)N1C(=O)[C@@H]2[C@@H](C(=O)Nc3ccccc3)[C@@]3(C)CCC2(O3)C1C(=O)NCc1ccccc1. The third-order valence-electron chi connectivity index (χ3n) is 8.94. The molecule has 3 fully saturated rings. The van der Waals surface area contributed by atoms with Gasteiger partial charge in [0.15, 0.2) is 0 Å². The summed E-state index contributed by atoms with van der Waals surface area (Å²) in [6, 6.07) is 17.2. The van der Waals surface area contributed by atoms with Gasteiger partial charge in [0, 0.05) is 12.2 Å². The van der Waals surface area contributed by atoms with Gasteiger partial charge in [-0.05, 0) is 43.4 Å². The number of anilines is 1. The number of nitrogens with zero attached hydrogens (tertiary/aromatic N) is 1. The Bertz CT molecular complexity index is 1190. The Morgan fingerprint density at radius 2 is 1.74 bits per heavy atom. The van der Waals surface area contributed by atoms with E-state index in [4.69, 9.17) is 4.74 Å². The van der Waals surface area contributed by atoms with Crippen molar-refractivity contribution in [3.05, 3.63) is 66.2 Å². The molecular weight excluding hydrogens is 482 g/mol. The maximum atomic E-state index is 14.3. The van der Waals surface area contributed by atoms with Crippen LogP contribution < -0.4 is 10.6 Å². The molecule has 3 aliphatic rings. The fourth-order valence-electron chi connectivity index (χ4n) is 6.86. The van der Waals surface area contributed by atoms with E-state index in [-0.39, 0.29) is 30.2 Å². The van der Waals surface area contributed by atoms with Crippen LogP contribution in [0.2, 0.25) is 0 Å². The summed E-state index contributed by atoms with van der Waals surface area (Å²) in [5, 5.41) is 16.4. The molecule has 3 heterocycles. The van der Waals surface area contributed by atoms with Gasteiger partial charge in [0.25, 0.3) is 0 Å². The lowest BCUT2D eigenvalue weighted by molar-refractivity contribution is -0.150. The van der Waals surface area contributed by atoms with Crippen LogP contribution in [0.5, 0.6) is 0 Å². The van der Waals surface area contributed by atoms with Crippen LogP contribution in [0.15, 0.2) is 60.7 Å². The van der Waals surface area contributed by atoms with Gasteiger partial charge in [-0.15, -0.1) is 0 Å². The molecule has 3 saturated heterocycles. The molecule has 5 rings (SSSR count). The molecule has 8 heteroatoms. The molecule has 7 atom stereocenters. The number of rotatable bonds is 9. The largest absolute Gasteiger partial charge is 0.394 e. The summed E-state index contributed by atoms with van der Waals surface area (Å²) in [5.74, 6) is -2.51. The van der Waals surface area contributed by atoms with E-state index in [0.29, 0.717) is 25.1 Å². The number of likely N-dealkylation sites (tertiary alicyclic amines) is 1. The van der Waals surface area contributed by atoms with E-state index in [1.54, 1.807) is 17.0 Å². The first-order valence-electron chi connectivity index (χ1n) is 13.6. The summed E-state index contributed by atoms with van der Waals surface area (Å²) in [4.78, 5) is 43.5. The Balaban J connectivity index is 1.51. The van der Waals surface area contributed by atoms with Gasteiger partial charge < -0.3 is 25.4 Å². The number of nitrogens with one attached hydrogen (secondary N) is 2. The second kappa shape index (κ2) is 10.2. The molecule has 0 aromatic heterocycles. The van der Waals surface area contributed by atoms with E-state index >= 15 is 0 Å². The van der Waals surface area contributed by atoms with Crippen LogP contribution >= 0.6 is 0 Å². The van der Waals surface area contributed by atoms with Crippen LogP contribution in [0.3, 0.4) is 0 Å². The fourth-order valence-corrected chi connectivity index (χ4v) is 6.86. The number of hydrogen-bond acceptors (Lipinski definition) is 5. The van der Waals surface area contributed by atoms with Crippen molar-refractivity contribution in [3.8, 4) is 0 Å². The van der Waals surface area contributed by atoms with Gasteiger partial charge in [0.1, 0.15) is 11.6 Å². The number of aliphatic hydroxyl groups excluding tert-OH is 1. The molecule has 38 heavy (non-hydrogen) atoms. The first-order chi connectivity index (χ1) is 18.3. The third kappa shape index (κ3) is 4.20. The standard InChI is InChI=1S/C30H37N3O5/c1-4-19(2)22(18-34)33-25(27(36)31-17-20-11-7-5-8-12-20)30-16-15-29(3,38-30)23(24(30)28(33)37)26(35)32-21-13-9-6-10-14-21/h5-14,19,22-25,34H,4,15-18H2,1-3H3,(H,31,36)(H,32,35)/t19-,22-,23-,24-,25?,29+,30?/m0/s1. The van der Waals surface area contributed by atoms with Gasteiger partial charge in [-0.1, -0.05) is 68.8 Å². The summed E-state index contributed by atoms with van der Waals surface area (Å²) in [7, 11) is 0. The highest BCUT2D eigenvalue weighted by Crippen LogP contribution is 2.63. The lowest BCUT2D eigenvalue weighted by Crippen LogP contribution is -2.59. The number of ether oxygens (including phenoxy) is 1. The Labute approximate surface area is 223 Å². The number of carbonyl (C=O) groups is 3. The molecule has 1 spiro atoms. The molecule has 202 valence electrons. The molecule has 2 aromatic rings. The number of carbonyl (C=O) groups excluding carboxylic acids is 3. The highest BCUT2D eigenvalue weighted by molar-refractivity contribution is 6.02. The third-order valence-corrected chi connectivity index (χ3v) is 8.94. The van der Waals surface area contributed by atoms with Gasteiger partial charge in [-0.3, -0.25) is 14.4 Å². The van der Waals surface area contributed by atoms with Gasteiger partial charge in [0.05, 0.1) is 30.1 Å². The zero-order chi connectivity index (χ0) is 27.1. The Morgan fingerprint density at radius 1 is 1.08 bits per heavy atom. The highest BCUT2D eigenvalue weighted by Gasteiger charge is 2.78. The minimum Gasteiger partial charge on any atom is -0.394 e. The predicted molar refractivity (Wildman–Crippen MR) is 143 cm³/mol. The molecule has 8 nitrogen and oxygen atoms in total. The minimum absolute atomic E-state index is 0.0482. The van der Waals surface area contributed by atoms with E-state index in [9.17, 15) is 19.5 Å². The molecule has 3 amide bonds. The van der Waals surface area contributed by atoms with Crippen molar-refractivity contribution in [1.29, 1.82) is 0 Å². The topological polar surface area (TPSA) is 108 Å². The summed E-state index contributed by atoms with van der Waals surface area (Å²) in [6.07, 6.45) is 1.78. The fraction of sp³-hybridized carbons (Fsp3) is 0.500. The van der Waals surface area contributed by atoms with E-state index in [1.165, 1.54) is 0 Å². The second-order valence-electron chi connectivity index (χ2n) is 11.2. The normalized spacial score (nSPS) is 31.1. The van der Waals surface area contributed by atoms with Crippen molar-refractivity contribution in [3.63, 3.8) is 0 Å². The summed E-state index contributed by atoms with van der Waals surface area (Å²) in [6.45, 7) is 5.88. The van der Waals surface area contributed by atoms with Gasteiger partial charge in [-0.25, -0.2) is 0 Å². The quantitative estimate of drug-likeness (QED) is 0.472. The smallest absolute Gasteiger partial charge is 0.246 e. The average Bonchev–Trinajstić information content (AvgIpc) is 3.49. The Morgan fingerprint density at radius 3 is 2.37 bits per heavy atom. The summed E-state index contributed by atoms with van der Waals surface area (Å²) in [5.41, 5.74) is -0.416. The van der Waals surface area contributed by atoms with Crippen LogP contribution in [0.4, 0.5) is 5.69 Å². The lowest BCUT2D eigenvalue weighted by atomic mass is 9.66. The zero-order valence-corrected chi connectivity index (χ0v) is 22.2. The van der Waals surface area contributed by atoms with E-state index in [2.05, 4.69) is 10.6 Å². The lowest BCUT2D eigenvalue weighted by Gasteiger charge is -2.39. The van der Waals surface area contributed by atoms with E-state index < -0.39 is 35.1 Å². The zero-order valence-electron chi connectivity index (χ0n) is 22.2. The number of hydrogen-bond donors (Lipinski definition) is 3. The van der Waals surface area contributed by atoms with E-state index in [1.807, 2.05) is 69.3 Å². The van der Waals surface area contributed by atoms with Crippen molar-refractivity contribution in [1.82, 2.24) is 10.2 Å². The molecular formula is C30H37N3O5. The van der Waals surface area contributed by atoms with Gasteiger partial charge >= 0.3 is 0 Å². The van der Waals surface area contributed by atoms with Gasteiger partial charge in [0.2, 0.25) is 17.7 Å². The molecule has 2 bridgehead atoms. The van der Waals surface area contributed by atoms with Crippen molar-refractivity contribution in [2.45, 2.75) is 69.9 Å². The van der Waals surface area contributed by atoms with Crippen LogP contribution in [0.1, 0.15) is 45.6 Å². The number of benzene rings is 2. The molecule has 0 saturated carbocycles. The number of aliphatic hydroxyl groups is 1. The van der Waals surface area contributed by atoms with E-state index in [0.717, 1.165) is 12.0 Å². The van der Waals surface area contributed by atoms with Crippen molar-refractivity contribution in [2.24, 2.45) is 17.8 Å². The number of para-hydroxylation sites is 1. The Hall–Kier alpha value is -3.23. The monoisotopic (exact) mass is 519 g/mol. The number of amides is 3. The second-order valence-corrected chi connectivity index (χ2v) is 11.2. The Kier molecular flexibility index (Phi) is 7.05. The summed E-state index contributed by atoms with van der Waals surface area (Å²) < 4.78 is 6.67. The maximum absolute atomic E-state index is 14.3. The first kappa shape index (κ1) is 26.4. The molecule has 3 N–H and O–H groups in total. The minimum atomic E-state index is -1.13. The van der Waals surface area contributed by atoms with Crippen LogP contribution in [0.25, 0.3) is 0 Å². The van der Waals surface area contributed by atoms with Crippen molar-refractivity contribution >= 4 is 23.4 Å². The number of fused-ring (bicyclic) bond motifs is 1. The van der Waals surface area contributed by atoms with Crippen LogP contribution in [-0.4, -0.2) is 57.6 Å². The average molecular weight is 520 g/mol. The predicted octanol–water partition coefficient (Wildman–Crippen LogP) is 3.11. The molecule has 2 aromatic carbocycles. The van der Waals surface area contributed by atoms with Crippen molar-refractivity contribution < 1.29 is 24.2 Å². The first-order valence-corrected chi connectivity index (χ1v) is 13.6. The van der Waals surface area contributed by atoms with Crippen molar-refractivity contribution in [2.75, 3.05) is 11.9 Å². The highest BCUT2D eigenvalue weighted by atomic mass is 16.5. The van der Waals surface area contributed by atoms with Crippen LogP contribution in [0, 0.1) is 17.8 Å². The molecule has 3 aliphatic heterocycles. The van der Waals surface area contributed by atoms with Gasteiger partial charge in [-0.2, -0.15) is 0 Å². The molecule has 0 radical (unpaired) electrons. The molecule has 2 unspecified atom stereocenters.